The third kappa shape index (κ3) is 2.84. The Bertz CT molecular complexity index is 683. The number of hydrogen-bond acceptors (Lipinski definition) is 4. The predicted molar refractivity (Wildman–Crippen MR) is 87.3 cm³/mol. The first-order valence-electron chi connectivity index (χ1n) is 7.78. The Hall–Kier alpha value is -1.56. The van der Waals surface area contributed by atoms with Crippen molar-refractivity contribution in [3.8, 4) is 0 Å². The number of imidazole rings is 1. The van der Waals surface area contributed by atoms with Crippen LogP contribution < -0.4 is 0 Å². The molecule has 6 heteroatoms. The summed E-state index contributed by atoms with van der Waals surface area (Å²) < 4.78 is 7.68. The third-order valence-electron chi connectivity index (χ3n) is 3.90. The van der Waals surface area contributed by atoms with Crippen molar-refractivity contribution in [3.63, 3.8) is 0 Å². The van der Waals surface area contributed by atoms with Gasteiger partial charge in [0.2, 0.25) is 0 Å². The number of aryl methyl sites for hydroxylation is 1. The Morgan fingerprint density at radius 3 is 2.91 bits per heavy atom. The summed E-state index contributed by atoms with van der Waals surface area (Å²) in [5.74, 6) is 0.973. The molecule has 1 aliphatic heterocycles. The average Bonchev–Trinajstić information content (AvgIpc) is 3.01. The molecule has 0 aromatic carbocycles. The monoisotopic (exact) mass is 321 g/mol. The maximum Gasteiger partial charge on any atom is 0.410 e. The maximum absolute atomic E-state index is 12.6. The van der Waals surface area contributed by atoms with Crippen LogP contribution in [0.3, 0.4) is 0 Å². The number of piperidine rings is 1. The molecule has 0 spiro atoms. The van der Waals surface area contributed by atoms with Crippen LogP contribution in [-0.2, 0) is 4.74 Å². The van der Waals surface area contributed by atoms with Crippen molar-refractivity contribution in [1.82, 2.24) is 14.3 Å². The fourth-order valence-corrected chi connectivity index (χ4v) is 3.89. The van der Waals surface area contributed by atoms with Crippen LogP contribution in [0.4, 0.5) is 4.79 Å². The van der Waals surface area contributed by atoms with Crippen LogP contribution in [0.15, 0.2) is 11.6 Å². The molecule has 22 heavy (non-hydrogen) atoms. The number of ether oxygens (including phenoxy) is 1. The lowest BCUT2D eigenvalue weighted by Crippen LogP contribution is -2.42. The lowest BCUT2D eigenvalue weighted by atomic mass is 10.0. The molecule has 1 atom stereocenters. The first kappa shape index (κ1) is 15.3. The van der Waals surface area contributed by atoms with E-state index in [1.54, 1.807) is 11.3 Å². The molecule has 0 radical (unpaired) electrons. The molecular weight excluding hydrogens is 298 g/mol. The first-order chi connectivity index (χ1) is 10.4. The van der Waals surface area contributed by atoms with Gasteiger partial charge in [-0.05, 0) is 47.0 Å². The summed E-state index contributed by atoms with van der Waals surface area (Å²) in [5, 5.41) is 2.06. The molecular formula is C16H23N3O2S. The molecule has 1 aliphatic rings. The molecule has 5 nitrogen and oxygen atoms in total. The van der Waals surface area contributed by atoms with Gasteiger partial charge in [0.15, 0.2) is 0 Å². The normalized spacial score (nSPS) is 19.6. The number of rotatable bonds is 1. The second-order valence-electron chi connectivity index (χ2n) is 6.81. The van der Waals surface area contributed by atoms with Crippen molar-refractivity contribution < 1.29 is 9.53 Å². The van der Waals surface area contributed by atoms with E-state index in [0.717, 1.165) is 42.2 Å². The van der Waals surface area contributed by atoms with Crippen molar-refractivity contribution in [3.05, 3.63) is 23.1 Å². The minimum Gasteiger partial charge on any atom is -0.444 e. The summed E-state index contributed by atoms with van der Waals surface area (Å²) in [6.45, 7) is 8.46. The lowest BCUT2D eigenvalue weighted by molar-refractivity contribution is 0.00924. The van der Waals surface area contributed by atoms with Crippen LogP contribution in [-0.4, -0.2) is 32.5 Å². The van der Waals surface area contributed by atoms with Crippen molar-refractivity contribution in [2.75, 3.05) is 6.54 Å². The maximum atomic E-state index is 12.6. The zero-order chi connectivity index (χ0) is 15.9. The Morgan fingerprint density at radius 2 is 2.18 bits per heavy atom. The molecule has 1 saturated heterocycles. The van der Waals surface area contributed by atoms with E-state index in [1.807, 2.05) is 38.8 Å². The van der Waals surface area contributed by atoms with Gasteiger partial charge in [0.25, 0.3) is 0 Å². The van der Waals surface area contributed by atoms with Crippen LogP contribution in [0.25, 0.3) is 4.83 Å². The SMILES string of the molecule is Cc1nc([C@H]2CCCCN2C(=O)OC(C)(C)C)c2sccn12. The molecule has 3 heterocycles. The Kier molecular flexibility index (Phi) is 3.89. The number of carbonyl (C=O) groups is 1. The second-order valence-corrected chi connectivity index (χ2v) is 7.70. The molecule has 0 bridgehead atoms. The minimum absolute atomic E-state index is 0.0194. The molecule has 0 unspecified atom stereocenters. The van der Waals surface area contributed by atoms with Gasteiger partial charge < -0.3 is 4.74 Å². The number of amides is 1. The first-order valence-corrected chi connectivity index (χ1v) is 8.66. The summed E-state index contributed by atoms with van der Waals surface area (Å²) in [7, 11) is 0. The van der Waals surface area contributed by atoms with Crippen molar-refractivity contribution in [2.45, 2.75) is 58.6 Å². The van der Waals surface area contributed by atoms with Gasteiger partial charge in [-0.2, -0.15) is 0 Å². The van der Waals surface area contributed by atoms with Crippen molar-refractivity contribution >= 4 is 22.3 Å². The van der Waals surface area contributed by atoms with E-state index in [9.17, 15) is 4.79 Å². The number of aromatic nitrogens is 2. The largest absolute Gasteiger partial charge is 0.444 e. The fraction of sp³-hybridized carbons (Fsp3) is 0.625. The lowest BCUT2D eigenvalue weighted by Gasteiger charge is -2.36. The minimum atomic E-state index is -0.471. The molecule has 0 aliphatic carbocycles. The van der Waals surface area contributed by atoms with Crippen molar-refractivity contribution in [2.24, 2.45) is 0 Å². The second kappa shape index (κ2) is 5.57. The van der Waals surface area contributed by atoms with Gasteiger partial charge in [-0.25, -0.2) is 9.78 Å². The molecule has 0 N–H and O–H groups in total. The van der Waals surface area contributed by atoms with Crippen LogP contribution in [0.5, 0.6) is 0 Å². The number of thiazole rings is 1. The molecule has 120 valence electrons. The number of likely N-dealkylation sites (tertiary alicyclic amines) is 1. The highest BCUT2D eigenvalue weighted by molar-refractivity contribution is 7.15. The van der Waals surface area contributed by atoms with E-state index in [1.165, 1.54) is 0 Å². The van der Waals surface area contributed by atoms with E-state index < -0.39 is 5.60 Å². The van der Waals surface area contributed by atoms with E-state index in [-0.39, 0.29) is 12.1 Å². The summed E-state index contributed by atoms with van der Waals surface area (Å²) >= 11 is 1.68. The van der Waals surface area contributed by atoms with Crippen LogP contribution >= 0.6 is 11.3 Å². The van der Waals surface area contributed by atoms with Gasteiger partial charge in [-0.1, -0.05) is 0 Å². The van der Waals surface area contributed by atoms with Crippen LogP contribution in [0.1, 0.15) is 57.6 Å². The topological polar surface area (TPSA) is 46.8 Å². The Labute approximate surface area is 134 Å². The Balaban J connectivity index is 1.93. The highest BCUT2D eigenvalue weighted by Crippen LogP contribution is 2.35. The highest BCUT2D eigenvalue weighted by Gasteiger charge is 2.34. The Morgan fingerprint density at radius 1 is 1.41 bits per heavy atom. The van der Waals surface area contributed by atoms with Gasteiger partial charge in [-0.15, -0.1) is 11.3 Å². The van der Waals surface area contributed by atoms with Gasteiger partial charge in [0.05, 0.1) is 11.7 Å². The fourth-order valence-electron chi connectivity index (χ4n) is 2.97. The highest BCUT2D eigenvalue weighted by atomic mass is 32.1. The van der Waals surface area contributed by atoms with E-state index >= 15 is 0 Å². The van der Waals surface area contributed by atoms with E-state index in [4.69, 9.17) is 9.72 Å². The van der Waals surface area contributed by atoms with Crippen LogP contribution in [0, 0.1) is 6.92 Å². The smallest absolute Gasteiger partial charge is 0.410 e. The van der Waals surface area contributed by atoms with E-state index in [0.29, 0.717) is 0 Å². The van der Waals surface area contributed by atoms with Crippen molar-refractivity contribution in [1.29, 1.82) is 0 Å². The number of nitrogens with zero attached hydrogens (tertiary/aromatic N) is 3. The molecule has 1 amide bonds. The third-order valence-corrected chi connectivity index (χ3v) is 4.79. The van der Waals surface area contributed by atoms with Gasteiger partial charge in [0.1, 0.15) is 16.3 Å². The molecule has 2 aromatic rings. The molecule has 3 rings (SSSR count). The van der Waals surface area contributed by atoms with Gasteiger partial charge in [0, 0.05) is 18.1 Å². The summed E-state index contributed by atoms with van der Waals surface area (Å²) in [6.07, 6.45) is 4.90. The number of carbonyl (C=O) groups excluding carboxylic acids is 1. The van der Waals surface area contributed by atoms with Crippen LogP contribution in [0.2, 0.25) is 0 Å². The predicted octanol–water partition coefficient (Wildman–Crippen LogP) is 4.17. The van der Waals surface area contributed by atoms with Gasteiger partial charge >= 0.3 is 6.09 Å². The van der Waals surface area contributed by atoms with Gasteiger partial charge in [-0.3, -0.25) is 9.30 Å². The summed E-state index contributed by atoms with van der Waals surface area (Å²) in [4.78, 5) is 20.3. The zero-order valence-corrected chi connectivity index (χ0v) is 14.4. The quantitative estimate of drug-likeness (QED) is 0.792. The number of hydrogen-bond donors (Lipinski definition) is 0. The standard InChI is InChI=1S/C16H23N3O2S/c1-11-17-13(14-18(11)9-10-22-14)12-7-5-6-8-19(12)15(20)21-16(2,3)4/h9-10,12H,5-8H2,1-4H3/t12-/m1/s1. The molecule has 2 aromatic heterocycles. The summed E-state index contributed by atoms with van der Waals surface area (Å²) in [5.41, 5.74) is 0.541. The molecule has 0 saturated carbocycles. The average molecular weight is 321 g/mol. The summed E-state index contributed by atoms with van der Waals surface area (Å²) in [6, 6.07) is 0.0194. The van der Waals surface area contributed by atoms with E-state index in [2.05, 4.69) is 9.78 Å². The number of fused-ring (bicyclic) bond motifs is 1. The zero-order valence-electron chi connectivity index (χ0n) is 13.6. The molecule has 1 fully saturated rings.